The molecule has 0 spiro atoms. The van der Waals surface area contributed by atoms with Crippen molar-refractivity contribution < 1.29 is 4.79 Å². The fourth-order valence-electron chi connectivity index (χ4n) is 4.78. The minimum atomic E-state index is -0.431. The first kappa shape index (κ1) is 22.9. The Bertz CT molecular complexity index is 1060. The monoisotopic (exact) mass is 435 g/mol. The third-order valence-electron chi connectivity index (χ3n) is 5.95. The van der Waals surface area contributed by atoms with E-state index in [9.17, 15) is 10.1 Å². The van der Waals surface area contributed by atoms with Crippen LogP contribution in [0.1, 0.15) is 63.6 Å². The predicted octanol–water partition coefficient (Wildman–Crippen LogP) is 6.69. The van der Waals surface area contributed by atoms with E-state index in [0.29, 0.717) is 22.7 Å². The van der Waals surface area contributed by atoms with Crippen LogP contribution in [0.25, 0.3) is 6.08 Å². The van der Waals surface area contributed by atoms with Gasteiger partial charge in [-0.3, -0.25) is 4.79 Å². The van der Waals surface area contributed by atoms with Crippen LogP contribution in [0.2, 0.25) is 5.02 Å². The summed E-state index contributed by atoms with van der Waals surface area (Å²) in [5.41, 5.74) is 5.19. The van der Waals surface area contributed by atoms with Crippen LogP contribution in [0, 0.1) is 18.3 Å². The van der Waals surface area contributed by atoms with Gasteiger partial charge in [-0.1, -0.05) is 18.5 Å². The van der Waals surface area contributed by atoms with Gasteiger partial charge in [-0.25, -0.2) is 0 Å². The molecule has 5 heteroatoms. The Morgan fingerprint density at radius 1 is 1.29 bits per heavy atom. The van der Waals surface area contributed by atoms with Gasteiger partial charge in [0.15, 0.2) is 0 Å². The molecule has 2 aromatic rings. The lowest BCUT2D eigenvalue weighted by atomic mass is 9.78. The van der Waals surface area contributed by atoms with Crippen LogP contribution in [0.4, 0.5) is 11.4 Å². The van der Waals surface area contributed by atoms with Crippen LogP contribution in [-0.2, 0) is 4.79 Å². The molecule has 31 heavy (non-hydrogen) atoms. The quantitative estimate of drug-likeness (QED) is 0.429. The van der Waals surface area contributed by atoms with Gasteiger partial charge in [0.25, 0.3) is 5.91 Å². The van der Waals surface area contributed by atoms with Crippen molar-refractivity contribution in [3.8, 4) is 6.07 Å². The van der Waals surface area contributed by atoms with Crippen LogP contribution in [0.5, 0.6) is 0 Å². The van der Waals surface area contributed by atoms with Gasteiger partial charge < -0.3 is 10.2 Å². The number of nitriles is 1. The summed E-state index contributed by atoms with van der Waals surface area (Å²) < 4.78 is 0. The van der Waals surface area contributed by atoms with E-state index in [2.05, 4.69) is 63.0 Å². The van der Waals surface area contributed by atoms with E-state index in [1.165, 1.54) is 11.3 Å². The first-order chi connectivity index (χ1) is 14.5. The normalized spacial score (nSPS) is 17.8. The second-order valence-electron chi connectivity index (χ2n) is 9.28. The van der Waals surface area contributed by atoms with E-state index in [0.717, 1.165) is 17.5 Å². The molecular formula is C26H30ClN3O. The van der Waals surface area contributed by atoms with Gasteiger partial charge >= 0.3 is 0 Å². The molecule has 1 heterocycles. The summed E-state index contributed by atoms with van der Waals surface area (Å²) in [6.45, 7) is 13.3. The number of fused-ring (bicyclic) bond motifs is 1. The lowest BCUT2D eigenvalue weighted by molar-refractivity contribution is -0.112. The maximum Gasteiger partial charge on any atom is 0.266 e. The first-order valence-electron chi connectivity index (χ1n) is 10.7. The van der Waals surface area contributed by atoms with Crippen molar-refractivity contribution in [2.24, 2.45) is 0 Å². The molecule has 4 nitrogen and oxygen atoms in total. The number of halogens is 1. The summed E-state index contributed by atoms with van der Waals surface area (Å²) in [7, 11) is 0. The maximum atomic E-state index is 12.7. The number of benzene rings is 2. The van der Waals surface area contributed by atoms with Gasteiger partial charge in [0.05, 0.1) is 0 Å². The summed E-state index contributed by atoms with van der Waals surface area (Å²) in [4.78, 5) is 15.2. The number of anilines is 2. The molecule has 0 fully saturated rings. The molecule has 0 unspecified atom stereocenters. The molecule has 0 aromatic heterocycles. The summed E-state index contributed by atoms with van der Waals surface area (Å²) >= 11 is 5.90. The fourth-order valence-corrected chi connectivity index (χ4v) is 4.91. The van der Waals surface area contributed by atoms with Crippen LogP contribution in [-0.4, -0.2) is 17.5 Å². The molecule has 0 saturated carbocycles. The lowest BCUT2D eigenvalue weighted by Gasteiger charge is -2.50. The number of hydrogen-bond acceptors (Lipinski definition) is 3. The van der Waals surface area contributed by atoms with Crippen molar-refractivity contribution in [2.45, 2.75) is 65.5 Å². The zero-order chi connectivity index (χ0) is 22.9. The van der Waals surface area contributed by atoms with Crippen molar-refractivity contribution in [1.29, 1.82) is 5.26 Å². The van der Waals surface area contributed by atoms with E-state index in [1.54, 1.807) is 30.3 Å². The van der Waals surface area contributed by atoms with Crippen LogP contribution >= 0.6 is 11.6 Å². The van der Waals surface area contributed by atoms with E-state index < -0.39 is 5.91 Å². The topological polar surface area (TPSA) is 56.1 Å². The van der Waals surface area contributed by atoms with E-state index >= 15 is 0 Å². The van der Waals surface area contributed by atoms with E-state index in [-0.39, 0.29) is 11.1 Å². The highest BCUT2D eigenvalue weighted by Gasteiger charge is 2.37. The minimum Gasteiger partial charge on any atom is -0.364 e. The van der Waals surface area contributed by atoms with E-state index in [1.807, 2.05) is 6.92 Å². The Morgan fingerprint density at radius 2 is 1.94 bits per heavy atom. The summed E-state index contributed by atoms with van der Waals surface area (Å²) in [6, 6.07) is 13.6. The molecule has 0 radical (unpaired) electrons. The molecule has 0 bridgehead atoms. The van der Waals surface area contributed by atoms with Crippen molar-refractivity contribution in [2.75, 3.05) is 10.2 Å². The zero-order valence-corrected chi connectivity index (χ0v) is 19.8. The van der Waals surface area contributed by atoms with Crippen LogP contribution in [0.15, 0.2) is 42.0 Å². The molecule has 0 aliphatic carbocycles. The Kier molecular flexibility index (Phi) is 6.48. The summed E-state index contributed by atoms with van der Waals surface area (Å²) in [6.07, 6.45) is 2.74. The largest absolute Gasteiger partial charge is 0.364 e. The lowest BCUT2D eigenvalue weighted by Crippen LogP contribution is -2.51. The summed E-state index contributed by atoms with van der Waals surface area (Å²) in [5.74, 6) is -0.0406. The van der Waals surface area contributed by atoms with Gasteiger partial charge in [-0.05, 0) is 106 Å². The number of carbonyl (C=O) groups excluding carboxylic acids is 1. The number of carbonyl (C=O) groups is 1. The van der Waals surface area contributed by atoms with Gasteiger partial charge in [-0.2, -0.15) is 5.26 Å². The molecule has 1 aliphatic rings. The third-order valence-corrected chi connectivity index (χ3v) is 6.20. The summed E-state index contributed by atoms with van der Waals surface area (Å²) in [5, 5.41) is 13.0. The standard InChI is InChI=1S/C26H30ClN3O/c1-16(2)30-24-11-17(3)19(13-23(24)18(4)14-26(30,5)6)12-20(15-28)25(31)29-22-9-7-21(27)8-10-22/h7-13,16,18H,14H2,1-6H3,(H,29,31)/b20-12-/t18-/m0/s1. The van der Waals surface area contributed by atoms with Gasteiger partial charge in [0, 0.05) is 28.0 Å². The number of nitrogens with zero attached hydrogens (tertiary/aromatic N) is 2. The highest BCUT2D eigenvalue weighted by molar-refractivity contribution is 6.30. The third kappa shape index (κ3) is 4.78. The number of nitrogens with one attached hydrogen (secondary N) is 1. The molecule has 0 saturated heterocycles. The molecule has 1 aliphatic heterocycles. The number of amides is 1. The molecular weight excluding hydrogens is 406 g/mol. The van der Waals surface area contributed by atoms with Crippen LogP contribution < -0.4 is 10.2 Å². The average Bonchev–Trinajstić information content (AvgIpc) is 2.67. The number of rotatable bonds is 4. The van der Waals surface area contributed by atoms with Crippen LogP contribution in [0.3, 0.4) is 0 Å². The number of aryl methyl sites for hydroxylation is 1. The van der Waals surface area contributed by atoms with Gasteiger partial charge in [0.2, 0.25) is 0 Å². The first-order valence-corrected chi connectivity index (χ1v) is 11.0. The fraction of sp³-hybridized carbons (Fsp3) is 0.385. The predicted molar refractivity (Wildman–Crippen MR) is 130 cm³/mol. The smallest absolute Gasteiger partial charge is 0.266 e. The van der Waals surface area contributed by atoms with Crippen molar-refractivity contribution >= 4 is 35.0 Å². The Labute approximate surface area is 190 Å². The van der Waals surface area contributed by atoms with Crippen molar-refractivity contribution in [3.63, 3.8) is 0 Å². The van der Waals surface area contributed by atoms with Gasteiger partial charge in [-0.15, -0.1) is 0 Å². The second kappa shape index (κ2) is 8.77. The van der Waals surface area contributed by atoms with Crippen molar-refractivity contribution in [1.82, 2.24) is 0 Å². The minimum absolute atomic E-state index is 0.0701. The molecule has 3 rings (SSSR count). The Morgan fingerprint density at radius 3 is 2.52 bits per heavy atom. The zero-order valence-electron chi connectivity index (χ0n) is 19.1. The molecule has 1 amide bonds. The molecule has 162 valence electrons. The Balaban J connectivity index is 1.98. The second-order valence-corrected chi connectivity index (χ2v) is 9.72. The number of hydrogen-bond donors (Lipinski definition) is 1. The van der Waals surface area contributed by atoms with E-state index in [4.69, 9.17) is 11.6 Å². The molecule has 1 N–H and O–H groups in total. The molecule has 2 aromatic carbocycles. The molecule has 1 atom stereocenters. The van der Waals surface area contributed by atoms with Crippen molar-refractivity contribution in [3.05, 3.63) is 63.7 Å². The highest BCUT2D eigenvalue weighted by atomic mass is 35.5. The maximum absolute atomic E-state index is 12.7. The average molecular weight is 436 g/mol. The SMILES string of the molecule is Cc1cc2c(cc1/C=C(/C#N)C(=O)Nc1ccc(Cl)cc1)[C@@H](C)CC(C)(C)N2C(C)C. The Hall–Kier alpha value is -2.77. The highest BCUT2D eigenvalue weighted by Crippen LogP contribution is 2.45. The van der Waals surface area contributed by atoms with Gasteiger partial charge in [0.1, 0.15) is 11.6 Å².